The molecule has 0 atom stereocenters. The maximum absolute atomic E-state index is 13.2. The lowest BCUT2D eigenvalue weighted by molar-refractivity contribution is 0.102. The number of nitriles is 1. The van der Waals surface area contributed by atoms with Gasteiger partial charge in [-0.1, -0.05) is 37.8 Å². The fourth-order valence-corrected chi connectivity index (χ4v) is 3.97. The van der Waals surface area contributed by atoms with Gasteiger partial charge in [0.15, 0.2) is 11.7 Å². The van der Waals surface area contributed by atoms with Gasteiger partial charge in [-0.15, -0.1) is 0 Å². The molecular weight excluding hydrogens is 466 g/mol. The van der Waals surface area contributed by atoms with E-state index in [9.17, 15) is 9.59 Å². The molecule has 1 amide bonds. The third kappa shape index (κ3) is 6.65. The lowest BCUT2D eigenvalue weighted by atomic mass is 10.0. The number of H-pyrrole nitrogens is 1. The van der Waals surface area contributed by atoms with Crippen molar-refractivity contribution >= 4 is 34.2 Å². The van der Waals surface area contributed by atoms with Gasteiger partial charge in [-0.05, 0) is 26.0 Å². The van der Waals surface area contributed by atoms with E-state index in [2.05, 4.69) is 26.8 Å². The molecule has 3 aromatic heterocycles. The summed E-state index contributed by atoms with van der Waals surface area (Å²) in [5.41, 5.74) is 1.55. The fourth-order valence-electron chi connectivity index (χ4n) is 3.03. The van der Waals surface area contributed by atoms with Crippen LogP contribution in [0.3, 0.4) is 0 Å². The molecule has 0 saturated carbocycles. The maximum Gasteiger partial charge on any atom is 0.259 e. The number of aryl methyl sites for hydroxylation is 1. The van der Waals surface area contributed by atoms with Crippen LogP contribution in [-0.4, -0.2) is 34.6 Å². The van der Waals surface area contributed by atoms with Crippen molar-refractivity contribution in [2.45, 2.75) is 27.7 Å². The van der Waals surface area contributed by atoms with Gasteiger partial charge in [-0.3, -0.25) is 19.9 Å². The summed E-state index contributed by atoms with van der Waals surface area (Å²) in [6.45, 7) is 11.1. The summed E-state index contributed by atoms with van der Waals surface area (Å²) in [5.74, 6) is 0.404. The summed E-state index contributed by atoms with van der Waals surface area (Å²) in [6.07, 6.45) is 6.22. The van der Waals surface area contributed by atoms with E-state index in [0.717, 1.165) is 0 Å². The predicted octanol–water partition coefficient (Wildman–Crippen LogP) is 3.12. The number of nitrogens with one attached hydrogen (secondary N) is 2. The van der Waals surface area contributed by atoms with Gasteiger partial charge in [0.05, 0.1) is 17.2 Å². The van der Waals surface area contributed by atoms with Crippen LogP contribution in [0.4, 0.5) is 5.13 Å². The summed E-state index contributed by atoms with van der Waals surface area (Å²) in [7, 11) is 1.48. The summed E-state index contributed by atoms with van der Waals surface area (Å²) < 4.78 is 11.5. The SMILES string of the molecule is C=C/C=c1/sc(NC(=O)c2cnc(C)cc2-c2cc(=O)[nH]cc2OC)n/c1=C(/C)OCC#N.CC. The third-order valence-corrected chi connectivity index (χ3v) is 5.45. The van der Waals surface area contributed by atoms with Gasteiger partial charge >= 0.3 is 0 Å². The van der Waals surface area contributed by atoms with Gasteiger partial charge in [-0.25, -0.2) is 4.98 Å². The summed E-state index contributed by atoms with van der Waals surface area (Å²) in [6, 6.07) is 4.99. The van der Waals surface area contributed by atoms with Crippen molar-refractivity contribution < 1.29 is 14.3 Å². The Morgan fingerprint density at radius 1 is 1.34 bits per heavy atom. The lowest BCUT2D eigenvalue weighted by Crippen LogP contribution is -2.24. The molecule has 3 heterocycles. The van der Waals surface area contributed by atoms with Gasteiger partial charge in [0.1, 0.15) is 22.9 Å². The fraction of sp³-hybridized carbons (Fsp3) is 0.240. The summed E-state index contributed by atoms with van der Waals surface area (Å²) >= 11 is 1.23. The van der Waals surface area contributed by atoms with Crippen LogP contribution in [0, 0.1) is 18.3 Å². The van der Waals surface area contributed by atoms with Crippen molar-refractivity contribution in [2.24, 2.45) is 0 Å². The Bertz CT molecular complexity index is 1430. The second kappa shape index (κ2) is 12.9. The van der Waals surface area contributed by atoms with Gasteiger partial charge in [0.25, 0.3) is 5.91 Å². The Hall–Kier alpha value is -4.23. The standard InChI is InChI=1S/C23H21N5O4S.C2H6/c1-5-6-19-21(14(3)32-8-7-24)27-23(33-19)28-22(30)17-11-25-13(2)9-15(17)16-10-20(29)26-12-18(16)31-4;1-2/h5-6,9-12H,1,8H2,2-4H3,(H,26,29)(H,27,28,30);1-2H3/b19-6+,21-14-;. The number of amides is 1. The molecule has 9 nitrogen and oxygen atoms in total. The van der Waals surface area contributed by atoms with Gasteiger partial charge in [0.2, 0.25) is 5.56 Å². The minimum absolute atomic E-state index is 0.116. The second-order valence-corrected chi connectivity index (χ2v) is 7.77. The highest BCUT2D eigenvalue weighted by Crippen LogP contribution is 2.31. The lowest BCUT2D eigenvalue weighted by Gasteiger charge is -2.12. The molecule has 2 N–H and O–H groups in total. The molecule has 3 rings (SSSR count). The Balaban J connectivity index is 0.00000210. The van der Waals surface area contributed by atoms with E-state index in [0.29, 0.717) is 43.3 Å². The average Bonchev–Trinajstić information content (AvgIpc) is 3.26. The van der Waals surface area contributed by atoms with E-state index in [1.165, 1.54) is 36.9 Å². The van der Waals surface area contributed by atoms with Gasteiger partial charge in [0, 0.05) is 35.3 Å². The predicted molar refractivity (Wildman–Crippen MR) is 138 cm³/mol. The Morgan fingerprint density at radius 3 is 2.74 bits per heavy atom. The van der Waals surface area contributed by atoms with Crippen LogP contribution in [0.5, 0.6) is 5.75 Å². The largest absolute Gasteiger partial charge is 0.495 e. The Labute approximate surface area is 207 Å². The molecule has 0 bridgehead atoms. The highest BCUT2D eigenvalue weighted by atomic mass is 32.1. The highest BCUT2D eigenvalue weighted by molar-refractivity contribution is 7.13. The van der Waals surface area contributed by atoms with Crippen molar-refractivity contribution in [3.05, 3.63) is 68.7 Å². The van der Waals surface area contributed by atoms with E-state index in [4.69, 9.17) is 14.7 Å². The number of carbonyl (C=O) groups excluding carboxylic acids is 1. The first-order valence-corrected chi connectivity index (χ1v) is 11.5. The number of aromatic amines is 1. The van der Waals surface area contributed by atoms with Gasteiger partial charge in [-0.2, -0.15) is 5.26 Å². The molecule has 0 radical (unpaired) electrons. The molecule has 0 fully saturated rings. The maximum atomic E-state index is 13.2. The number of anilines is 1. The van der Waals surface area contributed by atoms with E-state index < -0.39 is 5.91 Å². The number of rotatable bonds is 7. The van der Waals surface area contributed by atoms with Crippen LogP contribution >= 0.6 is 11.3 Å². The number of hydrogen-bond donors (Lipinski definition) is 2. The topological polar surface area (TPSA) is 130 Å². The van der Waals surface area contributed by atoms with Crippen LogP contribution in [0.25, 0.3) is 23.0 Å². The normalized spacial score (nSPS) is 11.5. The smallest absolute Gasteiger partial charge is 0.259 e. The second-order valence-electron chi connectivity index (χ2n) is 6.74. The van der Waals surface area contributed by atoms with E-state index in [-0.39, 0.29) is 17.7 Å². The molecule has 0 saturated heterocycles. The molecule has 0 aliphatic carbocycles. The average molecular weight is 494 g/mol. The van der Waals surface area contributed by atoms with Crippen LogP contribution in [0.1, 0.15) is 36.8 Å². The molecular formula is C25H27N5O4S. The highest BCUT2D eigenvalue weighted by Gasteiger charge is 2.19. The summed E-state index contributed by atoms with van der Waals surface area (Å²) in [4.78, 5) is 36.4. The molecule has 0 aliphatic heterocycles. The molecule has 0 unspecified atom stereocenters. The van der Waals surface area contributed by atoms with Crippen molar-refractivity contribution in [1.29, 1.82) is 5.26 Å². The molecule has 0 aliphatic rings. The molecule has 10 heteroatoms. The monoisotopic (exact) mass is 493 g/mol. The zero-order valence-corrected chi connectivity index (χ0v) is 21.1. The summed E-state index contributed by atoms with van der Waals surface area (Å²) in [5, 5.41) is 12.4. The Morgan fingerprint density at radius 2 is 2.09 bits per heavy atom. The van der Waals surface area contributed by atoms with E-state index in [1.54, 1.807) is 32.1 Å². The number of hydrogen-bond acceptors (Lipinski definition) is 8. The van der Waals surface area contributed by atoms with E-state index >= 15 is 0 Å². The number of aromatic nitrogens is 3. The van der Waals surface area contributed by atoms with Crippen LogP contribution in [-0.2, 0) is 4.74 Å². The zero-order chi connectivity index (χ0) is 26.0. The van der Waals surface area contributed by atoms with E-state index in [1.807, 2.05) is 19.9 Å². The van der Waals surface area contributed by atoms with Crippen molar-refractivity contribution in [3.8, 4) is 22.9 Å². The van der Waals surface area contributed by atoms with Crippen molar-refractivity contribution in [3.63, 3.8) is 0 Å². The number of ether oxygens (including phenoxy) is 2. The van der Waals surface area contributed by atoms with Crippen LogP contribution in [0.15, 0.2) is 42.0 Å². The minimum atomic E-state index is -0.458. The third-order valence-electron chi connectivity index (χ3n) is 4.51. The van der Waals surface area contributed by atoms with Gasteiger partial charge < -0.3 is 14.5 Å². The number of allylic oxidation sites excluding steroid dienone is 1. The molecule has 0 aromatic carbocycles. The number of pyridine rings is 2. The first-order valence-electron chi connectivity index (χ1n) is 10.7. The molecule has 0 spiro atoms. The quantitative estimate of drug-likeness (QED) is 0.517. The first kappa shape index (κ1) is 27.0. The van der Waals surface area contributed by atoms with Crippen LogP contribution in [0.2, 0.25) is 0 Å². The first-order chi connectivity index (χ1) is 16.9. The number of methoxy groups -OCH3 is 1. The molecule has 182 valence electrons. The zero-order valence-electron chi connectivity index (χ0n) is 20.3. The minimum Gasteiger partial charge on any atom is -0.495 e. The van der Waals surface area contributed by atoms with Crippen molar-refractivity contribution in [1.82, 2.24) is 15.0 Å². The van der Waals surface area contributed by atoms with Crippen LogP contribution < -0.4 is 25.5 Å². The van der Waals surface area contributed by atoms with Crippen molar-refractivity contribution in [2.75, 3.05) is 19.0 Å². The Kier molecular flexibility index (Phi) is 9.93. The number of nitrogens with zero attached hydrogens (tertiary/aromatic N) is 3. The molecule has 35 heavy (non-hydrogen) atoms. The molecule has 3 aromatic rings. The number of carbonyl (C=O) groups is 1. The number of thiazole rings is 1.